The Balaban J connectivity index is 2.64. The number of unbranched alkanes of at least 4 members (excludes halogenated alkanes) is 1. The van der Waals surface area contributed by atoms with E-state index in [0.717, 1.165) is 23.2 Å². The molecule has 0 N–H and O–H groups in total. The first-order valence-electron chi connectivity index (χ1n) is 7.18. The first kappa shape index (κ1) is 13.1. The van der Waals surface area contributed by atoms with Gasteiger partial charge in [-0.2, -0.15) is 0 Å². The minimum Gasteiger partial charge on any atom is -0.0654 e. The molecule has 0 heteroatoms. The first-order valence-corrected chi connectivity index (χ1v) is 7.18. The van der Waals surface area contributed by atoms with E-state index in [-0.39, 0.29) is 0 Å². The van der Waals surface area contributed by atoms with Crippen molar-refractivity contribution in [2.45, 2.75) is 73.1 Å². The van der Waals surface area contributed by atoms with Gasteiger partial charge in [0.05, 0.1) is 0 Å². The van der Waals surface area contributed by atoms with E-state index in [2.05, 4.69) is 34.6 Å². The second kappa shape index (κ2) is 5.37. The molecule has 1 aliphatic rings. The zero-order chi connectivity index (χ0) is 11.5. The maximum absolute atomic E-state index is 2.48. The monoisotopic (exact) mass is 210 g/mol. The molecule has 0 nitrogen and oxygen atoms in total. The smallest absolute Gasteiger partial charge is 0.0212 e. The van der Waals surface area contributed by atoms with Crippen LogP contribution in [0.15, 0.2) is 0 Å². The molecule has 1 saturated carbocycles. The lowest BCUT2D eigenvalue weighted by atomic mass is 9.81. The zero-order valence-electron chi connectivity index (χ0n) is 11.5. The van der Waals surface area contributed by atoms with Gasteiger partial charge in [0, 0.05) is 0 Å². The van der Waals surface area contributed by atoms with Crippen LogP contribution < -0.4 is 0 Å². The normalized spacial score (nSPS) is 36.6. The molecule has 0 bridgehead atoms. The van der Waals surface area contributed by atoms with Gasteiger partial charge in [0.2, 0.25) is 0 Å². The van der Waals surface area contributed by atoms with Crippen molar-refractivity contribution in [2.24, 2.45) is 23.2 Å². The van der Waals surface area contributed by atoms with Gasteiger partial charge < -0.3 is 0 Å². The van der Waals surface area contributed by atoms with Gasteiger partial charge in [-0.3, -0.25) is 0 Å². The molecule has 0 amide bonds. The predicted molar refractivity (Wildman–Crippen MR) is 69.0 cm³/mol. The van der Waals surface area contributed by atoms with Gasteiger partial charge >= 0.3 is 0 Å². The number of hydrogen-bond donors (Lipinski definition) is 0. The summed E-state index contributed by atoms with van der Waals surface area (Å²) in [6.07, 6.45) is 8.49. The summed E-state index contributed by atoms with van der Waals surface area (Å²) in [7, 11) is 0. The summed E-state index contributed by atoms with van der Waals surface area (Å²) < 4.78 is 0. The van der Waals surface area contributed by atoms with Crippen molar-refractivity contribution >= 4 is 0 Å². The minimum atomic E-state index is 0.735. The van der Waals surface area contributed by atoms with Crippen LogP contribution in [0.3, 0.4) is 0 Å². The maximum atomic E-state index is 2.48. The summed E-state index contributed by atoms with van der Waals surface area (Å²) in [4.78, 5) is 0. The highest BCUT2D eigenvalue weighted by molar-refractivity contribution is 5.10. The molecule has 0 radical (unpaired) electrons. The highest BCUT2D eigenvalue weighted by Gasteiger charge is 2.62. The van der Waals surface area contributed by atoms with Crippen LogP contribution in [0.2, 0.25) is 0 Å². The van der Waals surface area contributed by atoms with Crippen molar-refractivity contribution in [1.29, 1.82) is 0 Å². The Hall–Kier alpha value is 0. The molecule has 1 aliphatic carbocycles. The van der Waals surface area contributed by atoms with E-state index in [9.17, 15) is 0 Å². The average molecular weight is 210 g/mol. The van der Waals surface area contributed by atoms with Gasteiger partial charge in [-0.25, -0.2) is 0 Å². The van der Waals surface area contributed by atoms with Gasteiger partial charge in [-0.1, -0.05) is 60.3 Å². The predicted octanol–water partition coefficient (Wildman–Crippen LogP) is 5.28. The van der Waals surface area contributed by atoms with Gasteiger partial charge in [0.25, 0.3) is 0 Å². The van der Waals surface area contributed by atoms with E-state index in [1.807, 2.05) is 0 Å². The van der Waals surface area contributed by atoms with Crippen LogP contribution in [0.1, 0.15) is 73.1 Å². The Labute approximate surface area is 96.8 Å². The Bertz CT molecular complexity index is 184. The third-order valence-electron chi connectivity index (χ3n) is 5.21. The molecule has 0 heterocycles. The Morgan fingerprint density at radius 1 is 1.07 bits per heavy atom. The fraction of sp³-hybridized carbons (Fsp3) is 1.00. The summed E-state index contributed by atoms with van der Waals surface area (Å²) in [6.45, 7) is 12.0. The molecular formula is C15H30. The molecule has 0 aliphatic heterocycles. The fourth-order valence-electron chi connectivity index (χ4n) is 4.17. The fourth-order valence-corrected chi connectivity index (χ4v) is 4.17. The van der Waals surface area contributed by atoms with Crippen LogP contribution in [0.5, 0.6) is 0 Å². The van der Waals surface area contributed by atoms with Gasteiger partial charge in [-0.15, -0.1) is 0 Å². The summed E-state index contributed by atoms with van der Waals surface area (Å²) >= 11 is 0. The van der Waals surface area contributed by atoms with Crippen molar-refractivity contribution in [1.82, 2.24) is 0 Å². The van der Waals surface area contributed by atoms with Crippen LogP contribution in [0.4, 0.5) is 0 Å². The molecule has 0 aromatic heterocycles. The molecule has 0 spiro atoms. The molecule has 1 rings (SSSR count). The van der Waals surface area contributed by atoms with E-state index >= 15 is 0 Å². The third kappa shape index (κ3) is 2.10. The lowest BCUT2D eigenvalue weighted by Gasteiger charge is -2.23. The summed E-state index contributed by atoms with van der Waals surface area (Å²) in [5, 5.41) is 0. The van der Waals surface area contributed by atoms with E-state index in [1.165, 1.54) is 38.5 Å². The molecule has 4 unspecified atom stereocenters. The Kier molecular flexibility index (Phi) is 4.67. The largest absolute Gasteiger partial charge is 0.0654 e. The van der Waals surface area contributed by atoms with Crippen LogP contribution in [-0.4, -0.2) is 0 Å². The second-order valence-corrected chi connectivity index (χ2v) is 5.54. The van der Waals surface area contributed by atoms with Crippen LogP contribution in [0, 0.1) is 23.2 Å². The maximum Gasteiger partial charge on any atom is -0.0212 e. The molecule has 0 saturated heterocycles. The quantitative estimate of drug-likeness (QED) is 0.536. The molecule has 15 heavy (non-hydrogen) atoms. The topological polar surface area (TPSA) is 0 Å². The summed E-state index contributed by atoms with van der Waals surface area (Å²) in [5.74, 6) is 3.04. The van der Waals surface area contributed by atoms with Gasteiger partial charge in [0.1, 0.15) is 0 Å². The highest BCUT2D eigenvalue weighted by atomic mass is 14.7. The van der Waals surface area contributed by atoms with Crippen LogP contribution in [-0.2, 0) is 0 Å². The number of rotatable bonds is 7. The lowest BCUT2D eigenvalue weighted by molar-refractivity contribution is 0.258. The van der Waals surface area contributed by atoms with Crippen molar-refractivity contribution in [2.75, 3.05) is 0 Å². The van der Waals surface area contributed by atoms with Crippen LogP contribution in [0.25, 0.3) is 0 Å². The van der Waals surface area contributed by atoms with Crippen LogP contribution >= 0.6 is 0 Å². The van der Waals surface area contributed by atoms with Crippen molar-refractivity contribution < 1.29 is 0 Å². The standard InChI is InChI=1S/C15H30/c1-6-10-11-14-13(8-3)15(14,9-4)12(5)7-2/h12-14H,6-11H2,1-5H3. The molecular weight excluding hydrogens is 180 g/mol. The van der Waals surface area contributed by atoms with Gasteiger partial charge in [-0.05, 0) is 36.0 Å². The zero-order valence-corrected chi connectivity index (χ0v) is 11.5. The van der Waals surface area contributed by atoms with Gasteiger partial charge in [0.15, 0.2) is 0 Å². The average Bonchev–Trinajstić information content (AvgIpc) is 2.93. The Morgan fingerprint density at radius 2 is 1.73 bits per heavy atom. The highest BCUT2D eigenvalue weighted by Crippen LogP contribution is 2.69. The van der Waals surface area contributed by atoms with E-state index in [1.54, 1.807) is 0 Å². The molecule has 0 aromatic carbocycles. The van der Waals surface area contributed by atoms with E-state index in [0.29, 0.717) is 0 Å². The SMILES string of the molecule is CCCCC1C(CC)C1(CC)C(C)CC. The summed E-state index contributed by atoms with van der Waals surface area (Å²) in [6, 6.07) is 0. The molecule has 4 atom stereocenters. The minimum absolute atomic E-state index is 0.735. The third-order valence-corrected chi connectivity index (χ3v) is 5.21. The summed E-state index contributed by atoms with van der Waals surface area (Å²) in [5.41, 5.74) is 0.735. The van der Waals surface area contributed by atoms with E-state index < -0.39 is 0 Å². The number of hydrogen-bond acceptors (Lipinski definition) is 0. The van der Waals surface area contributed by atoms with Crippen molar-refractivity contribution in [3.05, 3.63) is 0 Å². The van der Waals surface area contributed by atoms with E-state index in [4.69, 9.17) is 0 Å². The molecule has 90 valence electrons. The molecule has 0 aromatic rings. The molecule has 1 fully saturated rings. The van der Waals surface area contributed by atoms with Crippen molar-refractivity contribution in [3.63, 3.8) is 0 Å². The lowest BCUT2D eigenvalue weighted by Crippen LogP contribution is -2.15. The second-order valence-electron chi connectivity index (χ2n) is 5.54. The first-order chi connectivity index (χ1) is 7.18. The Morgan fingerprint density at radius 3 is 2.13 bits per heavy atom. The van der Waals surface area contributed by atoms with Crippen molar-refractivity contribution in [3.8, 4) is 0 Å².